The van der Waals surface area contributed by atoms with Crippen molar-refractivity contribution in [2.45, 2.75) is 6.54 Å². The number of fused-ring (bicyclic) bond motifs is 1. The zero-order valence-electron chi connectivity index (χ0n) is 14.3. The molecule has 7 nitrogen and oxygen atoms in total. The normalized spacial score (nSPS) is 11.1. The second kappa shape index (κ2) is 6.45. The van der Waals surface area contributed by atoms with Gasteiger partial charge in [0.25, 0.3) is 0 Å². The Morgan fingerprint density at radius 3 is 2.70 bits per heavy atom. The van der Waals surface area contributed by atoms with E-state index in [2.05, 4.69) is 25.0 Å². The van der Waals surface area contributed by atoms with Crippen LogP contribution < -0.4 is 0 Å². The summed E-state index contributed by atoms with van der Waals surface area (Å²) in [6.07, 6.45) is 12.8. The van der Waals surface area contributed by atoms with E-state index in [1.807, 2.05) is 53.6 Å². The molecule has 0 aliphatic heterocycles. The molecule has 0 aliphatic carbocycles. The molecule has 0 saturated carbocycles. The number of hydrogen-bond acceptors (Lipinski definition) is 5. The summed E-state index contributed by atoms with van der Waals surface area (Å²) in [5, 5.41) is 4.46. The molecule has 5 aromatic rings. The number of pyridine rings is 2. The molecule has 5 rings (SSSR count). The van der Waals surface area contributed by atoms with Gasteiger partial charge in [-0.05, 0) is 24.3 Å². The highest BCUT2D eigenvalue weighted by Crippen LogP contribution is 2.28. The molecule has 0 aromatic carbocycles. The first-order valence-corrected chi connectivity index (χ1v) is 8.54. The maximum absolute atomic E-state index is 4.80. The molecule has 0 fully saturated rings. The minimum atomic E-state index is 0.622. The number of rotatable bonds is 4. The van der Waals surface area contributed by atoms with Crippen molar-refractivity contribution in [3.05, 3.63) is 79.4 Å². The fourth-order valence-corrected chi connectivity index (χ4v) is 3.02. The molecule has 5 heterocycles. The lowest BCUT2D eigenvalue weighted by atomic mass is 10.1. The fourth-order valence-electron chi connectivity index (χ4n) is 3.02. The van der Waals surface area contributed by atoms with Crippen molar-refractivity contribution >= 4 is 11.2 Å². The molecule has 0 radical (unpaired) electrons. The van der Waals surface area contributed by atoms with Gasteiger partial charge in [-0.3, -0.25) is 14.6 Å². The van der Waals surface area contributed by atoms with Crippen LogP contribution in [0, 0.1) is 0 Å². The average molecular weight is 353 g/mol. The van der Waals surface area contributed by atoms with Gasteiger partial charge in [0.05, 0.1) is 30.3 Å². The van der Waals surface area contributed by atoms with Crippen LogP contribution in [0.5, 0.6) is 0 Å². The second-order valence-electron chi connectivity index (χ2n) is 6.14. The van der Waals surface area contributed by atoms with Crippen LogP contribution >= 0.6 is 0 Å². The highest BCUT2D eigenvalue weighted by molar-refractivity contribution is 5.91. The van der Waals surface area contributed by atoms with Gasteiger partial charge in [-0.1, -0.05) is 6.07 Å². The lowest BCUT2D eigenvalue weighted by molar-refractivity contribution is 0.673. The van der Waals surface area contributed by atoms with Crippen molar-refractivity contribution in [3.8, 4) is 22.4 Å². The Balaban J connectivity index is 1.52. The molecular weight excluding hydrogens is 338 g/mol. The van der Waals surface area contributed by atoms with Crippen molar-refractivity contribution in [1.29, 1.82) is 0 Å². The molecule has 0 bridgehead atoms. The third kappa shape index (κ3) is 2.95. The average Bonchev–Trinajstić information content (AvgIpc) is 3.35. The van der Waals surface area contributed by atoms with E-state index in [0.717, 1.165) is 39.2 Å². The molecule has 0 amide bonds. The number of nitrogens with one attached hydrogen (secondary N) is 1. The van der Waals surface area contributed by atoms with Crippen LogP contribution in [0.2, 0.25) is 0 Å². The van der Waals surface area contributed by atoms with Crippen LogP contribution in [-0.2, 0) is 6.54 Å². The van der Waals surface area contributed by atoms with Crippen molar-refractivity contribution in [1.82, 2.24) is 34.7 Å². The summed E-state index contributed by atoms with van der Waals surface area (Å²) >= 11 is 0. The molecule has 0 unspecified atom stereocenters. The Labute approximate surface area is 154 Å². The molecule has 0 saturated heterocycles. The Morgan fingerprint density at radius 1 is 0.926 bits per heavy atom. The Kier molecular flexibility index (Phi) is 3.68. The predicted octanol–water partition coefficient (Wildman–Crippen LogP) is 3.33. The molecule has 7 heteroatoms. The number of nitrogens with zero attached hydrogens (tertiary/aromatic N) is 6. The van der Waals surface area contributed by atoms with Gasteiger partial charge in [0.2, 0.25) is 0 Å². The summed E-state index contributed by atoms with van der Waals surface area (Å²) in [4.78, 5) is 20.9. The van der Waals surface area contributed by atoms with E-state index in [4.69, 9.17) is 4.98 Å². The predicted molar refractivity (Wildman–Crippen MR) is 102 cm³/mol. The zero-order valence-corrected chi connectivity index (χ0v) is 14.3. The largest absolute Gasteiger partial charge is 0.344 e. The lowest BCUT2D eigenvalue weighted by Crippen LogP contribution is -2.01. The molecule has 0 aliphatic rings. The summed E-state index contributed by atoms with van der Waals surface area (Å²) < 4.78 is 1.87. The van der Waals surface area contributed by atoms with E-state index in [-0.39, 0.29) is 0 Å². The van der Waals surface area contributed by atoms with Crippen molar-refractivity contribution in [2.75, 3.05) is 0 Å². The summed E-state index contributed by atoms with van der Waals surface area (Å²) in [6.45, 7) is 0.622. The second-order valence-corrected chi connectivity index (χ2v) is 6.14. The fraction of sp³-hybridized carbons (Fsp3) is 0.0500. The van der Waals surface area contributed by atoms with Gasteiger partial charge in [0.15, 0.2) is 5.65 Å². The van der Waals surface area contributed by atoms with E-state index < -0.39 is 0 Å². The first-order valence-electron chi connectivity index (χ1n) is 8.54. The minimum absolute atomic E-state index is 0.622. The number of hydrogen-bond donors (Lipinski definition) is 1. The van der Waals surface area contributed by atoms with Crippen LogP contribution in [0.1, 0.15) is 5.69 Å². The van der Waals surface area contributed by atoms with E-state index in [9.17, 15) is 0 Å². The number of aromatic amines is 1. The molecule has 0 atom stereocenters. The van der Waals surface area contributed by atoms with Crippen LogP contribution in [0.3, 0.4) is 0 Å². The van der Waals surface area contributed by atoms with Gasteiger partial charge < -0.3 is 4.98 Å². The summed E-state index contributed by atoms with van der Waals surface area (Å²) in [5.41, 5.74) is 6.29. The summed E-state index contributed by atoms with van der Waals surface area (Å²) in [7, 11) is 0. The van der Waals surface area contributed by atoms with E-state index in [1.54, 1.807) is 24.8 Å². The van der Waals surface area contributed by atoms with Gasteiger partial charge >= 0.3 is 0 Å². The van der Waals surface area contributed by atoms with Crippen molar-refractivity contribution in [3.63, 3.8) is 0 Å². The quantitative estimate of drug-likeness (QED) is 0.536. The summed E-state index contributed by atoms with van der Waals surface area (Å²) in [6, 6.07) is 9.71. The van der Waals surface area contributed by atoms with Crippen molar-refractivity contribution < 1.29 is 0 Å². The van der Waals surface area contributed by atoms with Gasteiger partial charge in [-0.25, -0.2) is 9.97 Å². The molecule has 0 spiro atoms. The monoisotopic (exact) mass is 353 g/mol. The third-order valence-corrected chi connectivity index (χ3v) is 4.35. The van der Waals surface area contributed by atoms with Crippen LogP contribution in [-0.4, -0.2) is 34.7 Å². The first kappa shape index (κ1) is 15.4. The van der Waals surface area contributed by atoms with Crippen LogP contribution in [0.25, 0.3) is 33.5 Å². The van der Waals surface area contributed by atoms with Gasteiger partial charge in [-0.15, -0.1) is 0 Å². The molecule has 27 heavy (non-hydrogen) atoms. The number of aromatic nitrogens is 7. The van der Waals surface area contributed by atoms with E-state index in [0.29, 0.717) is 6.54 Å². The molecule has 130 valence electrons. The maximum Gasteiger partial charge on any atom is 0.156 e. The SMILES string of the molecule is c1ccc(Cn2cc(-c3c[nH]c4ncc(-c5ccncc5)nc34)cn2)nc1. The standard InChI is InChI=1S/C20H15N7/c1-2-6-22-16(3-1)13-27-12-15(9-25-27)17-10-23-20-19(17)26-18(11-24-20)14-4-7-21-8-5-14/h1-12H,13H2,(H,23,24). The maximum atomic E-state index is 4.80. The van der Waals surface area contributed by atoms with Crippen LogP contribution in [0.4, 0.5) is 0 Å². The van der Waals surface area contributed by atoms with Gasteiger partial charge in [0, 0.05) is 47.7 Å². The van der Waals surface area contributed by atoms with E-state index in [1.165, 1.54) is 0 Å². The third-order valence-electron chi connectivity index (χ3n) is 4.35. The summed E-state index contributed by atoms with van der Waals surface area (Å²) in [5.74, 6) is 0. The van der Waals surface area contributed by atoms with Gasteiger partial charge in [-0.2, -0.15) is 5.10 Å². The highest BCUT2D eigenvalue weighted by atomic mass is 15.3. The Hall–Kier alpha value is -3.87. The Morgan fingerprint density at radius 2 is 1.85 bits per heavy atom. The molecule has 1 N–H and O–H groups in total. The Bertz CT molecular complexity index is 1190. The molecular formula is C20H15N7. The lowest BCUT2D eigenvalue weighted by Gasteiger charge is -2.01. The zero-order chi connectivity index (χ0) is 18.1. The topological polar surface area (TPSA) is 85.2 Å². The smallest absolute Gasteiger partial charge is 0.156 e. The molecule has 5 aromatic heterocycles. The number of H-pyrrole nitrogens is 1. The van der Waals surface area contributed by atoms with E-state index >= 15 is 0 Å². The van der Waals surface area contributed by atoms with Crippen LogP contribution in [0.15, 0.2) is 73.7 Å². The first-order chi connectivity index (χ1) is 13.4. The highest BCUT2D eigenvalue weighted by Gasteiger charge is 2.12. The van der Waals surface area contributed by atoms with Gasteiger partial charge in [0.1, 0.15) is 5.52 Å². The van der Waals surface area contributed by atoms with Crippen molar-refractivity contribution in [2.24, 2.45) is 0 Å². The minimum Gasteiger partial charge on any atom is -0.344 e.